The average molecular weight is 1020 g/mol. The van der Waals surface area contributed by atoms with Gasteiger partial charge in [0.15, 0.2) is 0 Å². The summed E-state index contributed by atoms with van der Waals surface area (Å²) < 4.78 is 8.85. The molecule has 0 atom stereocenters. The summed E-state index contributed by atoms with van der Waals surface area (Å²) in [5, 5.41) is 3.59. The van der Waals surface area contributed by atoms with Crippen LogP contribution in [0.25, 0.3) is 72.6 Å². The van der Waals surface area contributed by atoms with Gasteiger partial charge in [0, 0.05) is 43.6 Å². The smallest absolute Gasteiger partial charge is 0.216 e. The molecule has 0 N–H and O–H groups in total. The zero-order valence-electron chi connectivity index (χ0n) is 38.5. The molecule has 63 heavy (non-hydrogen) atoms. The van der Waals surface area contributed by atoms with E-state index in [4.69, 9.17) is 9.40 Å². The number of aryl methyl sites for hydroxylation is 2. The van der Waals surface area contributed by atoms with Crippen LogP contribution in [0.1, 0.15) is 81.2 Å². The van der Waals surface area contributed by atoms with Crippen LogP contribution in [0.15, 0.2) is 126 Å². The minimum Gasteiger partial charge on any atom is -0.486 e. The molecule has 0 amide bonds. The Morgan fingerprint density at radius 3 is 2.06 bits per heavy atom. The van der Waals surface area contributed by atoms with Crippen molar-refractivity contribution in [3.8, 4) is 39.5 Å². The van der Waals surface area contributed by atoms with E-state index in [-0.39, 0.29) is 31.9 Å². The number of fused-ring (bicyclic) bond motifs is 4. The van der Waals surface area contributed by atoms with Crippen molar-refractivity contribution in [3.63, 3.8) is 0 Å². The van der Waals surface area contributed by atoms with Crippen LogP contribution >= 0.6 is 0 Å². The summed E-state index contributed by atoms with van der Waals surface area (Å²) >= 11 is 0. The summed E-state index contributed by atoms with van der Waals surface area (Å²) in [5.41, 5.74) is 16.3. The molecule has 0 bridgehead atoms. The summed E-state index contributed by atoms with van der Waals surface area (Å²) in [6, 6.07) is 45.2. The van der Waals surface area contributed by atoms with Gasteiger partial charge < -0.3 is 14.0 Å². The molecule has 5 nitrogen and oxygen atoms in total. The zero-order chi connectivity index (χ0) is 43.9. The minimum atomic E-state index is -1.34. The predicted molar refractivity (Wildman–Crippen MR) is 264 cm³/mol. The average Bonchev–Trinajstić information content (AvgIpc) is 3.83. The minimum absolute atomic E-state index is 0. The number of imidazole rings is 1. The number of pyridine rings is 2. The number of hydrogen-bond acceptors (Lipinski definition) is 4. The Balaban J connectivity index is 0.000000239. The third kappa shape index (κ3) is 9.29. The van der Waals surface area contributed by atoms with Gasteiger partial charge in [0.2, 0.25) is 5.71 Å². The maximum absolute atomic E-state index is 6.50. The van der Waals surface area contributed by atoms with Crippen molar-refractivity contribution in [1.29, 1.82) is 0 Å². The van der Waals surface area contributed by atoms with E-state index in [9.17, 15) is 0 Å². The maximum Gasteiger partial charge on any atom is 0.216 e. The predicted octanol–water partition coefficient (Wildman–Crippen LogP) is 14.6. The Hall–Kier alpha value is -5.46. The number of hydrogen-bond donors (Lipinski definition) is 0. The van der Waals surface area contributed by atoms with Gasteiger partial charge >= 0.3 is 0 Å². The molecule has 0 aliphatic heterocycles. The van der Waals surface area contributed by atoms with Crippen LogP contribution in [-0.2, 0) is 26.5 Å². The molecule has 323 valence electrons. The Kier molecular flexibility index (Phi) is 13.5. The third-order valence-corrected chi connectivity index (χ3v) is 13.7. The van der Waals surface area contributed by atoms with Crippen molar-refractivity contribution >= 4 is 46.4 Å². The number of para-hydroxylation sites is 2. The molecular weight excluding hydrogens is 965 g/mol. The molecule has 0 spiro atoms. The number of benzene rings is 5. The molecule has 0 fully saturated rings. The molecule has 0 saturated heterocycles. The first kappa shape index (κ1) is 45.6. The van der Waals surface area contributed by atoms with Gasteiger partial charge in [0.05, 0.1) is 30.5 Å². The van der Waals surface area contributed by atoms with Crippen LogP contribution < -0.4 is 5.19 Å². The number of furan rings is 1. The van der Waals surface area contributed by atoms with E-state index < -0.39 is 8.07 Å². The van der Waals surface area contributed by atoms with Gasteiger partial charge in [0.1, 0.15) is 0 Å². The number of aromatic nitrogens is 4. The fourth-order valence-corrected chi connectivity index (χ4v) is 10.2. The fourth-order valence-electron chi connectivity index (χ4n) is 8.66. The van der Waals surface area contributed by atoms with Gasteiger partial charge in [-0.1, -0.05) is 133 Å². The van der Waals surface area contributed by atoms with Crippen LogP contribution in [0.5, 0.6) is 0 Å². The summed E-state index contributed by atoms with van der Waals surface area (Å²) in [7, 11) is -1.34. The Labute approximate surface area is 388 Å². The van der Waals surface area contributed by atoms with E-state index in [0.717, 1.165) is 67.6 Å². The molecule has 1 radical (unpaired) electrons. The molecule has 5 aromatic carbocycles. The van der Waals surface area contributed by atoms with Crippen molar-refractivity contribution in [2.75, 3.05) is 0 Å². The summed E-state index contributed by atoms with van der Waals surface area (Å²) in [6.07, 6.45) is 5.10. The van der Waals surface area contributed by atoms with Crippen molar-refractivity contribution in [1.82, 2.24) is 19.5 Å². The van der Waals surface area contributed by atoms with Crippen molar-refractivity contribution < 1.29 is 24.5 Å². The fraction of sp³-hybridized carbons (Fsp3) is 0.268. The van der Waals surface area contributed by atoms with Crippen molar-refractivity contribution in [3.05, 3.63) is 162 Å². The van der Waals surface area contributed by atoms with E-state index in [1.165, 1.54) is 38.7 Å². The summed E-state index contributed by atoms with van der Waals surface area (Å²) in [6.45, 7) is 25.0. The first-order valence-corrected chi connectivity index (χ1v) is 25.6. The second-order valence-corrected chi connectivity index (χ2v) is 23.8. The summed E-state index contributed by atoms with van der Waals surface area (Å²) in [5.74, 6) is 2.07. The maximum atomic E-state index is 6.50. The normalized spacial score (nSPS) is 11.8. The Morgan fingerprint density at radius 2 is 1.41 bits per heavy atom. The van der Waals surface area contributed by atoms with Crippen molar-refractivity contribution in [2.24, 2.45) is 5.92 Å². The standard InChI is InChI=1S/C38H34N3O.C18H24NSi.Ir/c1-22(2)29-19-27(26-12-8-7-9-13-26)20-30(23(3)4)35(29)41-33-15-11-10-14-32(33)40-37(41)28-17-16-25(6)34-31-18-24(5)21-39-38(31)42-36(28)34;1-14(2)11-16-12-17(15-9-7-6-8-10-15)19-13-18(16)20(3,4)5;/h7-16,18-23H,1-6H3;6-9,12-14H,11H2,1-5H3;/q2*-1;. The Bertz CT molecular complexity index is 3000. The first-order chi connectivity index (χ1) is 29.7. The largest absolute Gasteiger partial charge is 0.486 e. The molecule has 9 rings (SSSR count). The quantitative estimate of drug-likeness (QED) is 0.107. The zero-order valence-corrected chi connectivity index (χ0v) is 41.9. The van der Waals surface area contributed by atoms with Crippen LogP contribution in [0.2, 0.25) is 19.6 Å². The van der Waals surface area contributed by atoms with Gasteiger partial charge in [-0.05, 0) is 100 Å². The SMILES string of the molecule is CC(C)Cc1cc(-c2[c-]cccc2)ncc1[Si](C)(C)C.Cc1cnc2oc3c(-c4nc5ccccc5n4-c4c(C(C)C)cc(-c5ccccc5)cc4C(C)C)[c-]cc(C)c3c2c1.[Ir]. The molecule has 0 saturated carbocycles. The van der Waals surface area contributed by atoms with Crippen molar-refractivity contribution in [2.45, 2.75) is 93.3 Å². The van der Waals surface area contributed by atoms with Crippen LogP contribution in [0.4, 0.5) is 0 Å². The summed E-state index contributed by atoms with van der Waals surface area (Å²) in [4.78, 5) is 14.6. The van der Waals surface area contributed by atoms with Gasteiger partial charge in [-0.25, -0.2) is 4.98 Å². The van der Waals surface area contributed by atoms with E-state index >= 15 is 0 Å². The van der Waals surface area contributed by atoms with Gasteiger partial charge in [-0.15, -0.1) is 53.6 Å². The molecular formula is C56H58IrN4OSi-2. The first-order valence-electron chi connectivity index (χ1n) is 22.1. The number of rotatable bonds is 9. The molecule has 4 heterocycles. The molecule has 0 aliphatic carbocycles. The number of nitrogens with zero attached hydrogens (tertiary/aromatic N) is 4. The van der Waals surface area contributed by atoms with Gasteiger partial charge in [0.25, 0.3) is 0 Å². The second kappa shape index (κ2) is 18.7. The molecule has 0 unspecified atom stereocenters. The molecule has 4 aromatic heterocycles. The monoisotopic (exact) mass is 1020 g/mol. The van der Waals surface area contributed by atoms with Gasteiger partial charge in [-0.2, -0.15) is 0 Å². The molecule has 9 aromatic rings. The Morgan fingerprint density at radius 1 is 0.730 bits per heavy atom. The van der Waals surface area contributed by atoms with E-state index in [1.807, 2.05) is 24.4 Å². The third-order valence-electron chi connectivity index (χ3n) is 11.7. The van der Waals surface area contributed by atoms with Crippen LogP contribution in [0.3, 0.4) is 0 Å². The van der Waals surface area contributed by atoms with Gasteiger partial charge in [-0.3, -0.25) is 4.98 Å². The topological polar surface area (TPSA) is 56.7 Å². The van der Waals surface area contributed by atoms with E-state index in [1.54, 1.807) is 0 Å². The van der Waals surface area contributed by atoms with E-state index in [0.29, 0.717) is 11.6 Å². The van der Waals surface area contributed by atoms with E-state index in [2.05, 4.69) is 199 Å². The molecule has 0 aliphatic rings. The van der Waals surface area contributed by atoms with Crippen LogP contribution in [-0.4, -0.2) is 27.6 Å². The molecule has 7 heteroatoms. The second-order valence-electron chi connectivity index (χ2n) is 18.8. The van der Waals surface area contributed by atoms with Crippen LogP contribution in [0, 0.1) is 31.9 Å².